The van der Waals surface area contributed by atoms with Crippen molar-refractivity contribution >= 4 is 17.4 Å². The van der Waals surface area contributed by atoms with Crippen molar-refractivity contribution < 1.29 is 9.18 Å². The summed E-state index contributed by atoms with van der Waals surface area (Å²) in [4.78, 5) is 16.3. The number of nitrogens with one attached hydrogen (secondary N) is 2. The molecule has 0 aliphatic carbocycles. The molecular formula is C19H20FN3O. The molecule has 0 aromatic heterocycles. The van der Waals surface area contributed by atoms with Gasteiger partial charge in [0, 0.05) is 24.2 Å². The molecule has 124 valence electrons. The Balaban J connectivity index is 1.46. The molecule has 0 saturated heterocycles. The van der Waals surface area contributed by atoms with E-state index in [4.69, 9.17) is 0 Å². The lowest BCUT2D eigenvalue weighted by molar-refractivity contribution is 0.0980. The normalized spacial score (nSPS) is 13.3. The zero-order valence-electron chi connectivity index (χ0n) is 13.4. The molecule has 0 amide bonds. The average molecular weight is 325 g/mol. The summed E-state index contributed by atoms with van der Waals surface area (Å²) in [7, 11) is 0. The van der Waals surface area contributed by atoms with E-state index in [0.717, 1.165) is 37.6 Å². The molecule has 5 heteroatoms. The molecule has 2 aromatic carbocycles. The first-order valence-electron chi connectivity index (χ1n) is 8.14. The first-order valence-corrected chi connectivity index (χ1v) is 8.14. The first-order chi connectivity index (χ1) is 11.7. The molecule has 0 spiro atoms. The molecule has 0 fully saturated rings. The van der Waals surface area contributed by atoms with Crippen LogP contribution in [0.2, 0.25) is 0 Å². The fourth-order valence-electron chi connectivity index (χ4n) is 2.61. The summed E-state index contributed by atoms with van der Waals surface area (Å²) in [6.45, 7) is 1.69. The van der Waals surface area contributed by atoms with E-state index in [1.54, 1.807) is 0 Å². The highest BCUT2D eigenvalue weighted by Gasteiger charge is 2.07. The van der Waals surface area contributed by atoms with Crippen LogP contribution in [0.4, 0.5) is 10.1 Å². The van der Waals surface area contributed by atoms with Gasteiger partial charge in [-0.15, -0.1) is 0 Å². The quantitative estimate of drug-likeness (QED) is 0.800. The minimum absolute atomic E-state index is 0.0543. The van der Waals surface area contributed by atoms with Gasteiger partial charge < -0.3 is 10.6 Å². The number of Topliss-reactive ketones (excluding diaryl/α,β-unsaturated/α-hetero) is 1. The molecule has 4 nitrogen and oxygen atoms in total. The smallest absolute Gasteiger partial charge is 0.195 e. The van der Waals surface area contributed by atoms with Gasteiger partial charge in [0.2, 0.25) is 0 Å². The summed E-state index contributed by atoms with van der Waals surface area (Å²) in [6, 6.07) is 13.9. The van der Waals surface area contributed by atoms with Gasteiger partial charge in [-0.3, -0.25) is 9.79 Å². The zero-order valence-corrected chi connectivity index (χ0v) is 13.4. The number of nitrogens with zero attached hydrogens (tertiary/aromatic N) is 1. The summed E-state index contributed by atoms with van der Waals surface area (Å²) in [6.07, 6.45) is 2.08. The Kier molecular flexibility index (Phi) is 5.21. The average Bonchev–Trinajstić information content (AvgIpc) is 3.10. The van der Waals surface area contributed by atoms with E-state index < -0.39 is 0 Å². The van der Waals surface area contributed by atoms with Crippen LogP contribution < -0.4 is 10.6 Å². The molecule has 0 radical (unpaired) electrons. The molecule has 0 saturated carbocycles. The second-order valence-corrected chi connectivity index (χ2v) is 5.76. The number of carbonyl (C=O) groups is 1. The number of aliphatic imine (C=N–C) groups is 1. The van der Waals surface area contributed by atoms with Crippen molar-refractivity contribution in [1.29, 1.82) is 0 Å². The Bertz CT molecular complexity index is 723. The Hall–Kier alpha value is -2.69. The molecule has 1 heterocycles. The van der Waals surface area contributed by atoms with E-state index in [0.29, 0.717) is 12.0 Å². The van der Waals surface area contributed by atoms with Crippen LogP contribution >= 0.6 is 0 Å². The largest absolute Gasteiger partial charge is 0.354 e. The van der Waals surface area contributed by atoms with Crippen molar-refractivity contribution in [3.05, 3.63) is 65.5 Å². The maximum Gasteiger partial charge on any atom is 0.195 e. The summed E-state index contributed by atoms with van der Waals surface area (Å²) < 4.78 is 12.9. The van der Waals surface area contributed by atoms with E-state index in [1.807, 2.05) is 12.1 Å². The minimum atomic E-state index is -0.320. The van der Waals surface area contributed by atoms with Gasteiger partial charge in [0.25, 0.3) is 0 Å². The standard InChI is InChI=1S/C19H20FN3O/c20-16-8-6-15(7-9-16)18(24)3-1-2-14-4-10-17(11-5-14)23-19-21-12-13-22-19/h4-11H,1-3,12-13H2,(H2,21,22,23). The highest BCUT2D eigenvalue weighted by Crippen LogP contribution is 2.14. The SMILES string of the molecule is O=C(CCCc1ccc(NC2=NCCN2)cc1)c1ccc(F)cc1. The molecule has 1 aliphatic rings. The molecule has 0 unspecified atom stereocenters. The van der Waals surface area contributed by atoms with Gasteiger partial charge in [-0.25, -0.2) is 4.39 Å². The van der Waals surface area contributed by atoms with Crippen LogP contribution in [0, 0.1) is 5.82 Å². The molecule has 1 aliphatic heterocycles. The predicted octanol–water partition coefficient (Wildman–Crippen LogP) is 3.40. The van der Waals surface area contributed by atoms with E-state index in [-0.39, 0.29) is 11.6 Å². The van der Waals surface area contributed by atoms with E-state index in [9.17, 15) is 9.18 Å². The zero-order chi connectivity index (χ0) is 16.8. The van der Waals surface area contributed by atoms with Gasteiger partial charge in [-0.1, -0.05) is 12.1 Å². The van der Waals surface area contributed by atoms with Crippen molar-refractivity contribution in [2.24, 2.45) is 4.99 Å². The fraction of sp³-hybridized carbons (Fsp3) is 0.263. The molecule has 24 heavy (non-hydrogen) atoms. The monoisotopic (exact) mass is 325 g/mol. The highest BCUT2D eigenvalue weighted by molar-refractivity contribution is 5.96. The van der Waals surface area contributed by atoms with Gasteiger partial charge in [0.1, 0.15) is 5.82 Å². The number of ketones is 1. The van der Waals surface area contributed by atoms with Crippen molar-refractivity contribution in [1.82, 2.24) is 5.32 Å². The number of aryl methyl sites for hydroxylation is 1. The second kappa shape index (κ2) is 7.73. The van der Waals surface area contributed by atoms with Gasteiger partial charge in [0.15, 0.2) is 11.7 Å². The van der Waals surface area contributed by atoms with Crippen LogP contribution in [0.5, 0.6) is 0 Å². The highest BCUT2D eigenvalue weighted by atomic mass is 19.1. The summed E-state index contributed by atoms with van der Waals surface area (Å²) in [5.41, 5.74) is 2.75. The lowest BCUT2D eigenvalue weighted by Gasteiger charge is -2.07. The number of carbonyl (C=O) groups excluding carboxylic acids is 1. The molecular weight excluding hydrogens is 305 g/mol. The van der Waals surface area contributed by atoms with Crippen LogP contribution in [0.1, 0.15) is 28.8 Å². The Morgan fingerprint density at radius 1 is 1.12 bits per heavy atom. The third-order valence-corrected chi connectivity index (χ3v) is 3.93. The summed E-state index contributed by atoms with van der Waals surface area (Å²) in [5, 5.41) is 6.39. The van der Waals surface area contributed by atoms with Crippen LogP contribution in [-0.4, -0.2) is 24.8 Å². The number of rotatable bonds is 6. The summed E-state index contributed by atoms with van der Waals surface area (Å²) in [5.74, 6) is 0.547. The lowest BCUT2D eigenvalue weighted by atomic mass is 10.0. The number of guanidine groups is 1. The third kappa shape index (κ3) is 4.41. The first kappa shape index (κ1) is 16.2. The predicted molar refractivity (Wildman–Crippen MR) is 94.0 cm³/mol. The molecule has 0 atom stereocenters. The number of anilines is 1. The van der Waals surface area contributed by atoms with Crippen molar-refractivity contribution in [3.8, 4) is 0 Å². The van der Waals surface area contributed by atoms with Crippen LogP contribution in [-0.2, 0) is 6.42 Å². The van der Waals surface area contributed by atoms with Crippen LogP contribution in [0.15, 0.2) is 53.5 Å². The van der Waals surface area contributed by atoms with E-state index in [1.165, 1.54) is 29.8 Å². The fourth-order valence-corrected chi connectivity index (χ4v) is 2.61. The van der Waals surface area contributed by atoms with Crippen molar-refractivity contribution in [3.63, 3.8) is 0 Å². The van der Waals surface area contributed by atoms with Gasteiger partial charge in [-0.2, -0.15) is 0 Å². The van der Waals surface area contributed by atoms with Gasteiger partial charge in [-0.05, 0) is 54.8 Å². The Morgan fingerprint density at radius 3 is 2.54 bits per heavy atom. The maximum absolute atomic E-state index is 12.9. The van der Waals surface area contributed by atoms with Crippen molar-refractivity contribution in [2.75, 3.05) is 18.4 Å². The van der Waals surface area contributed by atoms with Crippen LogP contribution in [0.25, 0.3) is 0 Å². The van der Waals surface area contributed by atoms with Crippen LogP contribution in [0.3, 0.4) is 0 Å². The number of hydrogen-bond acceptors (Lipinski definition) is 4. The minimum Gasteiger partial charge on any atom is -0.354 e. The van der Waals surface area contributed by atoms with E-state index in [2.05, 4.69) is 27.8 Å². The van der Waals surface area contributed by atoms with Crippen molar-refractivity contribution in [2.45, 2.75) is 19.3 Å². The Morgan fingerprint density at radius 2 is 1.88 bits per heavy atom. The lowest BCUT2D eigenvalue weighted by Crippen LogP contribution is -2.26. The van der Waals surface area contributed by atoms with E-state index >= 15 is 0 Å². The third-order valence-electron chi connectivity index (χ3n) is 3.93. The van der Waals surface area contributed by atoms with Gasteiger partial charge in [0.05, 0.1) is 6.54 Å². The number of halogens is 1. The topological polar surface area (TPSA) is 53.5 Å². The number of hydrogen-bond donors (Lipinski definition) is 2. The number of benzene rings is 2. The molecule has 0 bridgehead atoms. The molecule has 2 N–H and O–H groups in total. The Labute approximate surface area is 140 Å². The molecule has 3 rings (SSSR count). The molecule has 2 aromatic rings. The summed E-state index contributed by atoms with van der Waals surface area (Å²) >= 11 is 0. The second-order valence-electron chi connectivity index (χ2n) is 5.76. The maximum atomic E-state index is 12.9. The van der Waals surface area contributed by atoms with Gasteiger partial charge >= 0.3 is 0 Å².